The van der Waals surface area contributed by atoms with Crippen molar-refractivity contribution in [3.8, 4) is 0 Å². The molecule has 6 heteroatoms. The van der Waals surface area contributed by atoms with Gasteiger partial charge in [-0.2, -0.15) is 0 Å². The average molecular weight is 327 g/mol. The number of aliphatic hydroxyl groups is 1. The topological polar surface area (TPSA) is 54.4 Å². The Labute approximate surface area is 133 Å². The summed E-state index contributed by atoms with van der Waals surface area (Å²) in [7, 11) is 0. The van der Waals surface area contributed by atoms with E-state index >= 15 is 0 Å². The van der Waals surface area contributed by atoms with Gasteiger partial charge in [-0.25, -0.2) is 4.98 Å². The van der Waals surface area contributed by atoms with Crippen LogP contribution in [0.2, 0.25) is 5.02 Å². The van der Waals surface area contributed by atoms with Gasteiger partial charge in [-0.05, 0) is 31.5 Å². The van der Waals surface area contributed by atoms with E-state index in [1.807, 2.05) is 25.3 Å². The van der Waals surface area contributed by atoms with Gasteiger partial charge in [-0.15, -0.1) is 11.3 Å². The number of aliphatic hydroxyl groups excluding tert-OH is 1. The Morgan fingerprint density at radius 1 is 1.48 bits per heavy atom. The predicted molar refractivity (Wildman–Crippen MR) is 86.9 cm³/mol. The minimum absolute atomic E-state index is 0.00142. The molecule has 0 bridgehead atoms. The minimum Gasteiger partial charge on any atom is -0.392 e. The van der Waals surface area contributed by atoms with Crippen LogP contribution < -0.4 is 5.32 Å². The number of hydrogen-bond donors (Lipinski definition) is 2. The fraction of sp³-hybridized carbons (Fsp3) is 0.400. The normalized spacial score (nSPS) is 12.4. The van der Waals surface area contributed by atoms with Crippen molar-refractivity contribution >= 4 is 28.6 Å². The van der Waals surface area contributed by atoms with Gasteiger partial charge in [-0.3, -0.25) is 0 Å². The second-order valence-electron chi connectivity index (χ2n) is 4.60. The number of thiazole rings is 1. The zero-order valence-electron chi connectivity index (χ0n) is 12.1. The molecular formula is C15H19ClN2O2S. The van der Waals surface area contributed by atoms with Crippen LogP contribution in [0.5, 0.6) is 0 Å². The van der Waals surface area contributed by atoms with Crippen LogP contribution in [0, 0.1) is 0 Å². The van der Waals surface area contributed by atoms with Gasteiger partial charge in [0, 0.05) is 12.0 Å². The zero-order chi connectivity index (χ0) is 15.2. The van der Waals surface area contributed by atoms with Gasteiger partial charge < -0.3 is 15.2 Å². The Balaban J connectivity index is 2.00. The third-order valence-corrected chi connectivity index (χ3v) is 4.39. The minimum atomic E-state index is -0.00142. The Morgan fingerprint density at radius 3 is 3.00 bits per heavy atom. The standard InChI is InChI=1S/C15H19ClN2O2S/c1-3-20-10(2)15-18-12(9-21-15)7-17-14-6-11(8-19)4-5-13(14)16/h4-6,9-10,17,19H,3,7-8H2,1-2H3. The summed E-state index contributed by atoms with van der Waals surface area (Å²) in [6.07, 6.45) is 0.0232. The third-order valence-electron chi connectivity index (χ3n) is 3.01. The van der Waals surface area contributed by atoms with Gasteiger partial charge in [0.15, 0.2) is 0 Å². The predicted octanol–water partition coefficient (Wildman–Crippen LogP) is 4.00. The van der Waals surface area contributed by atoms with Gasteiger partial charge >= 0.3 is 0 Å². The SMILES string of the molecule is CCOC(C)c1nc(CNc2cc(CO)ccc2Cl)cs1. The van der Waals surface area contributed by atoms with Gasteiger partial charge in [0.1, 0.15) is 11.1 Å². The van der Waals surface area contributed by atoms with Gasteiger partial charge in [0.25, 0.3) is 0 Å². The first-order valence-electron chi connectivity index (χ1n) is 6.83. The number of aromatic nitrogens is 1. The van der Waals surface area contributed by atoms with Gasteiger partial charge in [0.05, 0.1) is 29.6 Å². The molecule has 1 aromatic carbocycles. The Hall–Kier alpha value is -1.14. The van der Waals surface area contributed by atoms with E-state index < -0.39 is 0 Å². The molecule has 0 aliphatic heterocycles. The van der Waals surface area contributed by atoms with E-state index in [1.54, 1.807) is 23.5 Å². The molecule has 0 saturated heterocycles. The van der Waals surface area contributed by atoms with Crippen LogP contribution in [0.15, 0.2) is 23.6 Å². The van der Waals surface area contributed by atoms with Crippen LogP contribution in [-0.2, 0) is 17.9 Å². The highest BCUT2D eigenvalue weighted by molar-refractivity contribution is 7.09. The molecule has 0 radical (unpaired) electrons. The summed E-state index contributed by atoms with van der Waals surface area (Å²) >= 11 is 7.73. The lowest BCUT2D eigenvalue weighted by atomic mass is 10.2. The van der Waals surface area contributed by atoms with Crippen molar-refractivity contribution in [1.82, 2.24) is 4.98 Å². The monoisotopic (exact) mass is 326 g/mol. The Kier molecular flexibility index (Phi) is 5.99. The highest BCUT2D eigenvalue weighted by Crippen LogP contribution is 2.25. The van der Waals surface area contributed by atoms with Crippen molar-refractivity contribution < 1.29 is 9.84 Å². The number of halogens is 1. The van der Waals surface area contributed by atoms with Crippen molar-refractivity contribution in [2.24, 2.45) is 0 Å². The van der Waals surface area contributed by atoms with E-state index in [9.17, 15) is 0 Å². The first kappa shape index (κ1) is 16.2. The molecule has 0 spiro atoms. The van der Waals surface area contributed by atoms with Gasteiger partial charge in [-0.1, -0.05) is 17.7 Å². The lowest BCUT2D eigenvalue weighted by molar-refractivity contribution is 0.0761. The molecule has 1 heterocycles. The van der Waals surface area contributed by atoms with E-state index in [2.05, 4.69) is 10.3 Å². The first-order chi connectivity index (χ1) is 10.1. The fourth-order valence-corrected chi connectivity index (χ4v) is 2.91. The summed E-state index contributed by atoms with van der Waals surface area (Å²) in [5.41, 5.74) is 2.58. The maximum Gasteiger partial charge on any atom is 0.122 e. The lowest BCUT2D eigenvalue weighted by Crippen LogP contribution is -2.03. The summed E-state index contributed by atoms with van der Waals surface area (Å²) in [5, 5.41) is 16.0. The van der Waals surface area contributed by atoms with Crippen molar-refractivity contribution in [2.45, 2.75) is 33.1 Å². The Morgan fingerprint density at radius 2 is 2.29 bits per heavy atom. The molecule has 1 atom stereocenters. The first-order valence-corrected chi connectivity index (χ1v) is 8.08. The number of nitrogens with zero attached hydrogens (tertiary/aromatic N) is 1. The number of rotatable bonds is 7. The van der Waals surface area contributed by atoms with Crippen molar-refractivity contribution in [2.75, 3.05) is 11.9 Å². The van der Waals surface area contributed by atoms with E-state index in [-0.39, 0.29) is 12.7 Å². The largest absolute Gasteiger partial charge is 0.392 e. The molecule has 0 saturated carbocycles. The van der Waals surface area contributed by atoms with E-state index in [1.165, 1.54) is 0 Å². The zero-order valence-corrected chi connectivity index (χ0v) is 13.7. The van der Waals surface area contributed by atoms with Gasteiger partial charge in [0.2, 0.25) is 0 Å². The molecule has 1 unspecified atom stereocenters. The molecule has 4 nitrogen and oxygen atoms in total. The molecule has 0 amide bonds. The fourth-order valence-electron chi connectivity index (χ4n) is 1.90. The van der Waals surface area contributed by atoms with E-state index in [0.717, 1.165) is 22.0 Å². The highest BCUT2D eigenvalue weighted by Gasteiger charge is 2.10. The quantitative estimate of drug-likeness (QED) is 0.807. The van der Waals surface area contributed by atoms with Crippen LogP contribution in [-0.4, -0.2) is 16.7 Å². The van der Waals surface area contributed by atoms with Crippen molar-refractivity contribution in [1.29, 1.82) is 0 Å². The summed E-state index contributed by atoms with van der Waals surface area (Å²) in [4.78, 5) is 4.55. The smallest absolute Gasteiger partial charge is 0.122 e. The van der Waals surface area contributed by atoms with E-state index in [0.29, 0.717) is 18.2 Å². The van der Waals surface area contributed by atoms with E-state index in [4.69, 9.17) is 21.4 Å². The molecule has 2 rings (SSSR count). The molecule has 114 valence electrons. The lowest BCUT2D eigenvalue weighted by Gasteiger charge is -2.09. The van der Waals surface area contributed by atoms with Crippen LogP contribution in [0.1, 0.15) is 36.2 Å². The van der Waals surface area contributed by atoms with Crippen LogP contribution in [0.25, 0.3) is 0 Å². The molecule has 21 heavy (non-hydrogen) atoms. The molecular weight excluding hydrogens is 308 g/mol. The summed E-state index contributed by atoms with van der Waals surface area (Å²) in [5.74, 6) is 0. The second-order valence-corrected chi connectivity index (χ2v) is 5.90. The molecule has 2 aromatic rings. The third kappa shape index (κ3) is 4.41. The van der Waals surface area contributed by atoms with Crippen molar-refractivity contribution in [3.63, 3.8) is 0 Å². The van der Waals surface area contributed by atoms with Crippen LogP contribution in [0.3, 0.4) is 0 Å². The van der Waals surface area contributed by atoms with Crippen LogP contribution >= 0.6 is 22.9 Å². The van der Waals surface area contributed by atoms with Crippen LogP contribution in [0.4, 0.5) is 5.69 Å². The Bertz CT molecular complexity index is 589. The number of benzene rings is 1. The molecule has 2 N–H and O–H groups in total. The second kappa shape index (κ2) is 7.75. The molecule has 0 fully saturated rings. The maximum atomic E-state index is 9.16. The number of hydrogen-bond acceptors (Lipinski definition) is 5. The summed E-state index contributed by atoms with van der Waals surface area (Å²) in [6.45, 7) is 5.24. The molecule has 0 aliphatic carbocycles. The molecule has 1 aromatic heterocycles. The summed E-state index contributed by atoms with van der Waals surface area (Å²) < 4.78 is 5.53. The number of anilines is 1. The highest BCUT2D eigenvalue weighted by atomic mass is 35.5. The average Bonchev–Trinajstić information content (AvgIpc) is 2.96. The van der Waals surface area contributed by atoms with Crippen molar-refractivity contribution in [3.05, 3.63) is 44.9 Å². The number of ether oxygens (including phenoxy) is 1. The summed E-state index contributed by atoms with van der Waals surface area (Å²) in [6, 6.07) is 5.43. The maximum absolute atomic E-state index is 9.16. The molecule has 0 aliphatic rings. The number of nitrogens with one attached hydrogen (secondary N) is 1.